The van der Waals surface area contributed by atoms with Crippen LogP contribution in [0.3, 0.4) is 0 Å². The first-order valence-corrected chi connectivity index (χ1v) is 7.53. The molecule has 19 heavy (non-hydrogen) atoms. The summed E-state index contributed by atoms with van der Waals surface area (Å²) in [6.07, 6.45) is 3.36. The minimum absolute atomic E-state index is 0.0846. The van der Waals surface area contributed by atoms with Gasteiger partial charge in [-0.15, -0.1) is 0 Å². The van der Waals surface area contributed by atoms with Gasteiger partial charge >= 0.3 is 0 Å². The lowest BCUT2D eigenvalue weighted by atomic mass is 9.78. The summed E-state index contributed by atoms with van der Waals surface area (Å²) in [5, 5.41) is 0.680. The molecule has 1 fully saturated rings. The van der Waals surface area contributed by atoms with Gasteiger partial charge < -0.3 is 10.5 Å². The fourth-order valence-corrected chi connectivity index (χ4v) is 3.07. The van der Waals surface area contributed by atoms with Crippen molar-refractivity contribution in [1.29, 1.82) is 0 Å². The van der Waals surface area contributed by atoms with Crippen LogP contribution in [0.5, 0.6) is 5.75 Å². The van der Waals surface area contributed by atoms with Crippen LogP contribution in [0.4, 0.5) is 0 Å². The molecule has 2 nitrogen and oxygen atoms in total. The Hall–Kier alpha value is -0.730. The van der Waals surface area contributed by atoms with Gasteiger partial charge in [-0.25, -0.2) is 0 Å². The van der Waals surface area contributed by atoms with Gasteiger partial charge in [-0.05, 0) is 55.7 Å². The summed E-state index contributed by atoms with van der Waals surface area (Å²) in [4.78, 5) is 0. The minimum Gasteiger partial charge on any atom is -0.487 e. The predicted octanol–water partition coefficient (Wildman–Crippen LogP) is 4.18. The highest BCUT2D eigenvalue weighted by molar-refractivity contribution is 6.32. The molecule has 1 saturated carbocycles. The van der Waals surface area contributed by atoms with Crippen molar-refractivity contribution in [2.45, 2.75) is 52.2 Å². The van der Waals surface area contributed by atoms with E-state index in [0.29, 0.717) is 16.9 Å². The van der Waals surface area contributed by atoms with E-state index in [1.165, 1.54) is 6.42 Å². The van der Waals surface area contributed by atoms with Crippen molar-refractivity contribution in [3.05, 3.63) is 28.8 Å². The molecule has 0 bridgehead atoms. The third-order valence-electron chi connectivity index (χ3n) is 4.19. The molecule has 2 N–H and O–H groups in total. The smallest absolute Gasteiger partial charge is 0.138 e. The van der Waals surface area contributed by atoms with Gasteiger partial charge in [-0.3, -0.25) is 0 Å². The lowest BCUT2D eigenvalue weighted by Crippen LogP contribution is -2.44. The van der Waals surface area contributed by atoms with Crippen molar-refractivity contribution in [2.75, 3.05) is 0 Å². The Balaban J connectivity index is 2.07. The average molecular weight is 282 g/mol. The van der Waals surface area contributed by atoms with E-state index in [4.69, 9.17) is 22.1 Å². The fourth-order valence-electron chi connectivity index (χ4n) is 2.79. The highest BCUT2D eigenvalue weighted by Crippen LogP contribution is 2.34. The SMILES string of the molecule is Cc1ccc(OC2CC(C(C)C)CCC2N)c(Cl)c1. The summed E-state index contributed by atoms with van der Waals surface area (Å²) < 4.78 is 6.08. The first kappa shape index (κ1) is 14.7. The molecule has 1 aliphatic rings. The summed E-state index contributed by atoms with van der Waals surface area (Å²) in [5.41, 5.74) is 7.34. The van der Waals surface area contributed by atoms with Crippen molar-refractivity contribution in [3.63, 3.8) is 0 Å². The van der Waals surface area contributed by atoms with Gasteiger partial charge in [0, 0.05) is 6.04 Å². The van der Waals surface area contributed by atoms with Crippen molar-refractivity contribution >= 4 is 11.6 Å². The molecule has 0 aliphatic heterocycles. The van der Waals surface area contributed by atoms with Crippen LogP contribution >= 0.6 is 11.6 Å². The van der Waals surface area contributed by atoms with Crippen molar-refractivity contribution in [3.8, 4) is 5.75 Å². The molecule has 3 atom stereocenters. The molecule has 106 valence electrons. The zero-order chi connectivity index (χ0) is 14.0. The highest BCUT2D eigenvalue weighted by Gasteiger charge is 2.31. The molecule has 0 spiro atoms. The Morgan fingerprint density at radius 1 is 1.32 bits per heavy atom. The number of nitrogens with two attached hydrogens (primary N) is 1. The van der Waals surface area contributed by atoms with Crippen molar-refractivity contribution < 1.29 is 4.74 Å². The number of hydrogen-bond acceptors (Lipinski definition) is 2. The number of rotatable bonds is 3. The number of hydrogen-bond donors (Lipinski definition) is 1. The van der Waals surface area contributed by atoms with Gasteiger partial charge in [-0.2, -0.15) is 0 Å². The molecular formula is C16H24ClNO. The fraction of sp³-hybridized carbons (Fsp3) is 0.625. The monoisotopic (exact) mass is 281 g/mol. The van der Waals surface area contributed by atoms with Crippen LogP contribution in [-0.2, 0) is 0 Å². The van der Waals surface area contributed by atoms with E-state index in [2.05, 4.69) is 13.8 Å². The molecule has 0 heterocycles. The lowest BCUT2D eigenvalue weighted by molar-refractivity contribution is 0.0868. The van der Waals surface area contributed by atoms with E-state index < -0.39 is 0 Å². The second-order valence-electron chi connectivity index (χ2n) is 6.07. The van der Waals surface area contributed by atoms with Crippen LogP contribution in [0.2, 0.25) is 5.02 Å². The molecule has 1 aliphatic carbocycles. The van der Waals surface area contributed by atoms with E-state index in [0.717, 1.165) is 24.2 Å². The van der Waals surface area contributed by atoms with Crippen LogP contribution in [0.1, 0.15) is 38.7 Å². The van der Waals surface area contributed by atoms with Gasteiger partial charge in [0.05, 0.1) is 5.02 Å². The molecule has 1 aromatic rings. The topological polar surface area (TPSA) is 35.2 Å². The van der Waals surface area contributed by atoms with Crippen LogP contribution in [0.15, 0.2) is 18.2 Å². The molecule has 2 rings (SSSR count). The second kappa shape index (κ2) is 6.15. The molecule has 0 aromatic heterocycles. The summed E-state index contributed by atoms with van der Waals surface area (Å²) in [6.45, 7) is 6.58. The average Bonchev–Trinajstić information content (AvgIpc) is 2.34. The molecule has 3 unspecified atom stereocenters. The Kier molecular flexibility index (Phi) is 4.75. The van der Waals surface area contributed by atoms with Gasteiger partial charge in [0.2, 0.25) is 0 Å². The summed E-state index contributed by atoms with van der Waals surface area (Å²) in [6, 6.07) is 6.02. The lowest BCUT2D eigenvalue weighted by Gasteiger charge is -2.36. The summed E-state index contributed by atoms with van der Waals surface area (Å²) in [5.74, 6) is 2.15. The van der Waals surface area contributed by atoms with Crippen LogP contribution in [0.25, 0.3) is 0 Å². The molecule has 1 aromatic carbocycles. The largest absolute Gasteiger partial charge is 0.487 e. The van der Waals surface area contributed by atoms with Crippen LogP contribution in [0, 0.1) is 18.8 Å². The maximum atomic E-state index is 6.23. The Morgan fingerprint density at radius 2 is 2.05 bits per heavy atom. The van der Waals surface area contributed by atoms with E-state index in [-0.39, 0.29) is 12.1 Å². The van der Waals surface area contributed by atoms with Gasteiger partial charge in [0.15, 0.2) is 0 Å². The number of aryl methyl sites for hydroxylation is 1. The second-order valence-corrected chi connectivity index (χ2v) is 6.48. The van der Waals surface area contributed by atoms with Gasteiger partial charge in [0.25, 0.3) is 0 Å². The van der Waals surface area contributed by atoms with Crippen LogP contribution in [-0.4, -0.2) is 12.1 Å². The zero-order valence-corrected chi connectivity index (χ0v) is 12.8. The zero-order valence-electron chi connectivity index (χ0n) is 12.0. The van der Waals surface area contributed by atoms with E-state index in [1.807, 2.05) is 25.1 Å². The molecule has 0 amide bonds. The highest BCUT2D eigenvalue weighted by atomic mass is 35.5. The maximum Gasteiger partial charge on any atom is 0.138 e. The van der Waals surface area contributed by atoms with Gasteiger partial charge in [-0.1, -0.05) is 31.5 Å². The summed E-state index contributed by atoms with van der Waals surface area (Å²) >= 11 is 6.23. The van der Waals surface area contributed by atoms with Crippen molar-refractivity contribution in [1.82, 2.24) is 0 Å². The van der Waals surface area contributed by atoms with E-state index >= 15 is 0 Å². The molecular weight excluding hydrogens is 258 g/mol. The minimum atomic E-state index is 0.0846. The van der Waals surface area contributed by atoms with Crippen LogP contribution < -0.4 is 10.5 Å². The number of ether oxygens (including phenoxy) is 1. The maximum absolute atomic E-state index is 6.23. The predicted molar refractivity (Wildman–Crippen MR) is 80.8 cm³/mol. The molecule has 0 saturated heterocycles. The number of benzene rings is 1. The quantitative estimate of drug-likeness (QED) is 0.902. The third-order valence-corrected chi connectivity index (χ3v) is 4.49. The Morgan fingerprint density at radius 3 is 2.68 bits per heavy atom. The summed E-state index contributed by atoms with van der Waals surface area (Å²) in [7, 11) is 0. The van der Waals surface area contributed by atoms with Gasteiger partial charge in [0.1, 0.15) is 11.9 Å². The van der Waals surface area contributed by atoms with E-state index in [9.17, 15) is 0 Å². The normalized spacial score (nSPS) is 27.6. The number of halogens is 1. The Bertz CT molecular complexity index is 433. The first-order chi connectivity index (χ1) is 8.97. The third kappa shape index (κ3) is 3.64. The Labute approximate surface area is 121 Å². The van der Waals surface area contributed by atoms with Crippen molar-refractivity contribution in [2.24, 2.45) is 17.6 Å². The molecule has 3 heteroatoms. The molecule has 0 radical (unpaired) electrons. The van der Waals surface area contributed by atoms with E-state index in [1.54, 1.807) is 0 Å². The first-order valence-electron chi connectivity index (χ1n) is 7.15. The standard InChI is InChI=1S/C16H24ClNO/c1-10(2)12-5-6-14(18)16(9-12)19-15-7-4-11(3)8-13(15)17/h4,7-8,10,12,14,16H,5-6,9,18H2,1-3H3.